The van der Waals surface area contributed by atoms with Crippen LogP contribution in [0.3, 0.4) is 0 Å². The number of aliphatic hydroxyl groups excluding tert-OH is 1. The molecule has 0 saturated heterocycles. The lowest BCUT2D eigenvalue weighted by molar-refractivity contribution is 0.0986. The van der Waals surface area contributed by atoms with Gasteiger partial charge in [-0.15, -0.1) is 0 Å². The highest BCUT2D eigenvalue weighted by molar-refractivity contribution is 5.95. The van der Waals surface area contributed by atoms with Crippen molar-refractivity contribution >= 4 is 5.78 Å². The van der Waals surface area contributed by atoms with E-state index in [1.807, 2.05) is 6.92 Å². The summed E-state index contributed by atoms with van der Waals surface area (Å²) in [7, 11) is 0. The molecule has 0 aliphatic rings. The number of hydrogen-bond donors (Lipinski definition) is 2. The second-order valence-corrected chi connectivity index (χ2v) is 5.52. The molecule has 0 radical (unpaired) electrons. The molecule has 128 valence electrons. The minimum atomic E-state index is -0.664. The molecule has 0 aromatic heterocycles. The molecule has 2 rings (SSSR count). The SMILES string of the molecule is CCC(=O)c1ccc(OC[C@@H](O)CNCc2ccc(F)cc2)cc1. The van der Waals surface area contributed by atoms with Crippen molar-refractivity contribution in [3.63, 3.8) is 0 Å². The Labute approximate surface area is 141 Å². The van der Waals surface area contributed by atoms with E-state index in [-0.39, 0.29) is 18.2 Å². The van der Waals surface area contributed by atoms with E-state index < -0.39 is 6.10 Å². The van der Waals surface area contributed by atoms with Gasteiger partial charge < -0.3 is 15.2 Å². The molecular weight excluding hydrogens is 309 g/mol. The number of carbonyl (C=O) groups is 1. The topological polar surface area (TPSA) is 58.6 Å². The van der Waals surface area contributed by atoms with E-state index in [0.29, 0.717) is 30.8 Å². The molecule has 0 fully saturated rings. The van der Waals surface area contributed by atoms with Gasteiger partial charge in [-0.2, -0.15) is 0 Å². The van der Waals surface area contributed by atoms with Crippen molar-refractivity contribution in [2.24, 2.45) is 0 Å². The van der Waals surface area contributed by atoms with Gasteiger partial charge in [-0.1, -0.05) is 19.1 Å². The Morgan fingerprint density at radius 3 is 2.46 bits per heavy atom. The summed E-state index contributed by atoms with van der Waals surface area (Å²) < 4.78 is 18.3. The summed E-state index contributed by atoms with van der Waals surface area (Å²) in [4.78, 5) is 11.5. The Morgan fingerprint density at radius 2 is 1.83 bits per heavy atom. The van der Waals surface area contributed by atoms with Crippen LogP contribution in [0.25, 0.3) is 0 Å². The Hall–Kier alpha value is -2.24. The highest BCUT2D eigenvalue weighted by Crippen LogP contribution is 2.13. The van der Waals surface area contributed by atoms with Crippen LogP contribution < -0.4 is 10.1 Å². The summed E-state index contributed by atoms with van der Waals surface area (Å²) in [5, 5.41) is 13.0. The van der Waals surface area contributed by atoms with Gasteiger partial charge in [0.2, 0.25) is 0 Å². The van der Waals surface area contributed by atoms with Crippen LogP contribution >= 0.6 is 0 Å². The predicted octanol–water partition coefficient (Wildman–Crippen LogP) is 2.95. The van der Waals surface area contributed by atoms with Gasteiger partial charge in [0.25, 0.3) is 0 Å². The lowest BCUT2D eigenvalue weighted by Crippen LogP contribution is -2.31. The fraction of sp³-hybridized carbons (Fsp3) is 0.316. The Balaban J connectivity index is 1.69. The molecule has 5 heteroatoms. The first-order valence-corrected chi connectivity index (χ1v) is 7.97. The van der Waals surface area contributed by atoms with Crippen molar-refractivity contribution in [1.29, 1.82) is 0 Å². The largest absolute Gasteiger partial charge is 0.491 e. The summed E-state index contributed by atoms with van der Waals surface area (Å²) in [6.07, 6.45) is -0.194. The predicted molar refractivity (Wildman–Crippen MR) is 90.7 cm³/mol. The second kappa shape index (κ2) is 9.15. The van der Waals surface area contributed by atoms with Crippen molar-refractivity contribution in [3.8, 4) is 5.75 Å². The number of nitrogens with one attached hydrogen (secondary N) is 1. The van der Waals surface area contributed by atoms with E-state index in [4.69, 9.17) is 4.74 Å². The average molecular weight is 331 g/mol. The molecule has 0 spiro atoms. The van der Waals surface area contributed by atoms with Crippen LogP contribution in [0, 0.1) is 5.82 Å². The first-order chi connectivity index (χ1) is 11.6. The van der Waals surface area contributed by atoms with Gasteiger partial charge in [0, 0.05) is 25.1 Å². The molecule has 0 bridgehead atoms. The highest BCUT2D eigenvalue weighted by atomic mass is 19.1. The molecule has 0 unspecified atom stereocenters. The van der Waals surface area contributed by atoms with Gasteiger partial charge in [0.05, 0.1) is 0 Å². The summed E-state index contributed by atoms with van der Waals surface area (Å²) in [5.74, 6) is 0.436. The minimum absolute atomic E-state index is 0.0894. The summed E-state index contributed by atoms with van der Waals surface area (Å²) in [5.41, 5.74) is 1.60. The zero-order valence-corrected chi connectivity index (χ0v) is 13.7. The third-order valence-electron chi connectivity index (χ3n) is 3.56. The third kappa shape index (κ3) is 5.76. The van der Waals surface area contributed by atoms with Crippen molar-refractivity contribution in [1.82, 2.24) is 5.32 Å². The van der Waals surface area contributed by atoms with E-state index in [1.165, 1.54) is 12.1 Å². The molecule has 0 aliphatic heterocycles. The number of ketones is 1. The third-order valence-corrected chi connectivity index (χ3v) is 3.56. The van der Waals surface area contributed by atoms with Crippen molar-refractivity contribution < 1.29 is 19.0 Å². The van der Waals surface area contributed by atoms with Crippen LogP contribution in [0.4, 0.5) is 4.39 Å². The highest BCUT2D eigenvalue weighted by Gasteiger charge is 2.07. The molecule has 4 nitrogen and oxygen atoms in total. The van der Waals surface area contributed by atoms with E-state index in [2.05, 4.69) is 5.32 Å². The summed E-state index contributed by atoms with van der Waals surface area (Å²) >= 11 is 0. The number of halogens is 1. The number of rotatable bonds is 9. The average Bonchev–Trinajstić information content (AvgIpc) is 2.61. The van der Waals surface area contributed by atoms with Crippen LogP contribution in [0.1, 0.15) is 29.3 Å². The fourth-order valence-electron chi connectivity index (χ4n) is 2.18. The normalized spacial score (nSPS) is 12.0. The molecular formula is C19H22FNO3. The first kappa shape index (κ1) is 18.1. The molecule has 0 amide bonds. The molecule has 1 atom stereocenters. The van der Waals surface area contributed by atoms with Crippen molar-refractivity contribution in [2.75, 3.05) is 13.2 Å². The zero-order chi connectivity index (χ0) is 17.4. The monoisotopic (exact) mass is 331 g/mol. The quantitative estimate of drug-likeness (QED) is 0.694. The van der Waals surface area contributed by atoms with Gasteiger partial charge in [0.15, 0.2) is 5.78 Å². The maximum atomic E-state index is 12.8. The van der Waals surface area contributed by atoms with Gasteiger partial charge in [-0.3, -0.25) is 4.79 Å². The molecule has 0 heterocycles. The molecule has 2 N–H and O–H groups in total. The Bertz CT molecular complexity index is 641. The molecule has 24 heavy (non-hydrogen) atoms. The van der Waals surface area contributed by atoms with Gasteiger partial charge in [-0.05, 0) is 42.0 Å². The van der Waals surface area contributed by atoms with Crippen LogP contribution in [0.5, 0.6) is 5.75 Å². The number of Topliss-reactive ketones (excluding diaryl/α,β-unsaturated/α-hetero) is 1. The van der Waals surface area contributed by atoms with E-state index in [1.54, 1.807) is 36.4 Å². The molecule has 0 saturated carbocycles. The molecule has 2 aromatic carbocycles. The lowest BCUT2D eigenvalue weighted by atomic mass is 10.1. The Morgan fingerprint density at radius 1 is 1.17 bits per heavy atom. The van der Waals surface area contributed by atoms with Gasteiger partial charge in [-0.25, -0.2) is 4.39 Å². The van der Waals surface area contributed by atoms with Gasteiger partial charge in [0.1, 0.15) is 24.3 Å². The van der Waals surface area contributed by atoms with E-state index >= 15 is 0 Å². The summed E-state index contributed by atoms with van der Waals surface area (Å²) in [6.45, 7) is 2.88. The maximum absolute atomic E-state index is 12.8. The maximum Gasteiger partial charge on any atom is 0.162 e. The molecule has 2 aromatic rings. The number of aliphatic hydroxyl groups is 1. The van der Waals surface area contributed by atoms with Crippen LogP contribution in [-0.4, -0.2) is 30.1 Å². The smallest absolute Gasteiger partial charge is 0.162 e. The van der Waals surface area contributed by atoms with E-state index in [0.717, 1.165) is 5.56 Å². The number of hydrogen-bond acceptors (Lipinski definition) is 4. The lowest BCUT2D eigenvalue weighted by Gasteiger charge is -2.13. The van der Waals surface area contributed by atoms with Crippen LogP contribution in [0.15, 0.2) is 48.5 Å². The fourth-order valence-corrected chi connectivity index (χ4v) is 2.18. The zero-order valence-electron chi connectivity index (χ0n) is 13.7. The number of ether oxygens (including phenoxy) is 1. The Kier molecular flexibility index (Phi) is 6.90. The standard InChI is InChI=1S/C19H22FNO3/c1-2-19(23)15-5-9-18(10-6-15)24-13-17(22)12-21-11-14-3-7-16(20)8-4-14/h3-10,17,21-22H,2,11-13H2,1H3/t17-/m0/s1. The second-order valence-electron chi connectivity index (χ2n) is 5.52. The van der Waals surface area contributed by atoms with Crippen molar-refractivity contribution in [3.05, 3.63) is 65.5 Å². The number of benzene rings is 2. The number of carbonyl (C=O) groups excluding carboxylic acids is 1. The summed E-state index contributed by atoms with van der Waals surface area (Å²) in [6, 6.07) is 13.1. The molecule has 0 aliphatic carbocycles. The van der Waals surface area contributed by atoms with Crippen LogP contribution in [-0.2, 0) is 6.54 Å². The van der Waals surface area contributed by atoms with Crippen molar-refractivity contribution in [2.45, 2.75) is 26.0 Å². The van der Waals surface area contributed by atoms with Gasteiger partial charge >= 0.3 is 0 Å². The minimum Gasteiger partial charge on any atom is -0.491 e. The van der Waals surface area contributed by atoms with Crippen LogP contribution in [0.2, 0.25) is 0 Å². The van der Waals surface area contributed by atoms with E-state index in [9.17, 15) is 14.3 Å². The first-order valence-electron chi connectivity index (χ1n) is 7.97.